The molecule has 18 aliphatic rings. The van der Waals surface area contributed by atoms with Crippen LogP contribution >= 0.6 is 0 Å². The fourth-order valence-corrected chi connectivity index (χ4v) is 32.3. The molecule has 716 valence electrons. The SMILES string of the molecule is CC1=C2C[C@H]3[C@@H](CC=C4C[C@@H](OC(=O)OCc5ccccc5)CC[C@@]43C)[C@@H]2CC[C@@]2(C1)O[C@@H]1C[C@H](C)CN(C(=O)OCc3ccccc3)[C@H]1[C@H]2C.CC1=C2C[C@H]3[C@@H](CC=C4C[C@@H](OC(=O)OCc5ccccc5)CC[C@@]43C)[C@@H]2CC[C@]12O[C@@H]1C[C@H](C)CN(C(=O)OCc3ccccc3)[C@H]1[C@H]2C.CC1=C2C[C@H]3[C@@H](CC[C@@H]4CNC(=O)CC[C@@]43C)[C@@H]2CC[C@@]2(C1)O[C@@H]1C[C@H](C)CN[C@H]1[C@H]2C. The van der Waals surface area contributed by atoms with E-state index in [-0.39, 0.29) is 114 Å². The molecule has 0 aromatic heterocycles. The Hall–Kier alpha value is -8.03. The minimum absolute atomic E-state index is 0.0192. The fourth-order valence-electron chi connectivity index (χ4n) is 32.3. The zero-order valence-electron chi connectivity index (χ0n) is 81.7. The van der Waals surface area contributed by atoms with Gasteiger partial charge in [-0.3, -0.25) is 4.79 Å². The molecule has 3 amide bonds. The van der Waals surface area contributed by atoms with Crippen molar-refractivity contribution in [1.82, 2.24) is 20.4 Å². The Labute approximate surface area is 792 Å². The van der Waals surface area contributed by atoms with Crippen molar-refractivity contribution in [2.45, 2.75) is 342 Å². The maximum atomic E-state index is 13.6. The van der Waals surface area contributed by atoms with Gasteiger partial charge >= 0.3 is 24.5 Å². The predicted molar refractivity (Wildman–Crippen MR) is 513 cm³/mol. The summed E-state index contributed by atoms with van der Waals surface area (Å²) in [6.07, 6.45) is 31.4. The van der Waals surface area contributed by atoms with Crippen molar-refractivity contribution in [2.75, 3.05) is 26.2 Å². The number of allylic oxidation sites excluding steroid dienone is 5. The monoisotopic (exact) mass is 1810 g/mol. The predicted octanol–water partition coefficient (Wildman–Crippen LogP) is 24.1. The first-order chi connectivity index (χ1) is 64.1. The van der Waals surface area contributed by atoms with Crippen LogP contribution in [0.5, 0.6) is 0 Å². The molecule has 13 fully saturated rings. The molecule has 7 aliphatic heterocycles. The van der Waals surface area contributed by atoms with Gasteiger partial charge in [0.1, 0.15) is 38.6 Å². The normalized spacial score (nSPS) is 41.0. The zero-order valence-corrected chi connectivity index (χ0v) is 81.7. The van der Waals surface area contributed by atoms with Gasteiger partial charge in [0.05, 0.1) is 47.2 Å². The summed E-state index contributed by atoms with van der Waals surface area (Å²) in [5.74, 6) is 9.41. The first-order valence-electron chi connectivity index (χ1n) is 52.3. The minimum atomic E-state index is -0.571. The Morgan fingerprint density at radius 1 is 0.444 bits per heavy atom. The minimum Gasteiger partial charge on any atom is -0.445 e. The highest BCUT2D eigenvalue weighted by atomic mass is 16.7. The van der Waals surface area contributed by atoms with Crippen LogP contribution in [0.25, 0.3) is 0 Å². The van der Waals surface area contributed by atoms with Gasteiger partial charge in [-0.1, -0.05) is 235 Å². The molecule has 4 aromatic carbocycles. The summed E-state index contributed by atoms with van der Waals surface area (Å²) >= 11 is 0. The van der Waals surface area contributed by atoms with E-state index in [1.165, 1.54) is 60.8 Å². The maximum absolute atomic E-state index is 13.6. The van der Waals surface area contributed by atoms with E-state index in [0.29, 0.717) is 89.9 Å². The van der Waals surface area contributed by atoms with Gasteiger partial charge in [-0.15, -0.1) is 0 Å². The van der Waals surface area contributed by atoms with Gasteiger partial charge in [0.15, 0.2) is 0 Å². The summed E-state index contributed by atoms with van der Waals surface area (Å²) in [6.45, 7) is 33.2. The lowest BCUT2D eigenvalue weighted by atomic mass is 9.55. The Morgan fingerprint density at radius 3 is 1.41 bits per heavy atom. The van der Waals surface area contributed by atoms with Crippen LogP contribution in [0.4, 0.5) is 19.2 Å². The summed E-state index contributed by atoms with van der Waals surface area (Å²) in [7, 11) is 0. The van der Waals surface area contributed by atoms with Crippen LogP contribution in [0.3, 0.4) is 0 Å². The molecule has 11 aliphatic carbocycles. The number of hydrogen-bond donors (Lipinski definition) is 2. The molecular formula is C115H152N4O14. The van der Waals surface area contributed by atoms with E-state index < -0.39 is 12.3 Å². The second kappa shape index (κ2) is 37.4. The van der Waals surface area contributed by atoms with Crippen LogP contribution in [0.1, 0.15) is 272 Å². The Bertz CT molecular complexity index is 5110. The number of likely N-dealkylation sites (tertiary alicyclic amines) is 2. The second-order valence-electron chi connectivity index (χ2n) is 46.5. The van der Waals surface area contributed by atoms with Gasteiger partial charge in [-0.2, -0.15) is 0 Å². The van der Waals surface area contributed by atoms with Crippen molar-refractivity contribution in [2.24, 2.45) is 111 Å². The highest BCUT2D eigenvalue weighted by Gasteiger charge is 2.66. The van der Waals surface area contributed by atoms with Crippen LogP contribution in [-0.4, -0.2) is 132 Å². The van der Waals surface area contributed by atoms with Gasteiger partial charge in [0.2, 0.25) is 5.91 Å². The second-order valence-corrected chi connectivity index (χ2v) is 46.5. The molecule has 7 heterocycles. The molecule has 0 unspecified atom stereocenters. The van der Waals surface area contributed by atoms with Crippen molar-refractivity contribution in [3.05, 3.63) is 200 Å². The highest BCUT2D eigenvalue weighted by Crippen LogP contribution is 2.69. The molecule has 133 heavy (non-hydrogen) atoms. The van der Waals surface area contributed by atoms with Gasteiger partial charge in [-0.05, 0) is 296 Å². The quantitative estimate of drug-likeness (QED) is 0.0863. The van der Waals surface area contributed by atoms with Gasteiger partial charge in [0.25, 0.3) is 0 Å². The van der Waals surface area contributed by atoms with Crippen molar-refractivity contribution in [3.63, 3.8) is 0 Å². The molecule has 0 bridgehead atoms. The maximum Gasteiger partial charge on any atom is 0.508 e. The molecular weight excluding hydrogens is 1660 g/mol. The molecule has 22 rings (SSSR count). The molecule has 0 radical (unpaired) electrons. The number of piperidine rings is 3. The largest absolute Gasteiger partial charge is 0.508 e. The molecule has 6 saturated carbocycles. The standard InChI is InChI=1S/C44H55NO6.C43H53NO6.C28H44N2O2/c1-28-21-39-40(45(25-28)41(46)48-26-31-11-7-5-8-12-31)30(3)44(51-39)20-18-35-36-16-15-33-22-34(50-42(47)49-27-32-13-9-6-10-14-32)17-19-43(33,4)38(36)23-37(35)29(2)24-44;1-27-21-38-39(44(24-27)40(45)47-25-30-11-7-5-8-12-30)29(3)43(50-38)20-18-34-35-16-15-32-22-33(49-41(46)48-26-31-13-9-6-10-14-31)17-19-42(32,4)37(35)23-36(34)28(43)2;1-16-11-24-26(30-14-16)18(3)28(32-24)10-7-20-21-6-5-19-15-29-25(31)8-9-27(19,4)23(21)12-22(20)17(2)13-28/h5-15,28,30,34-36,38-40H,16-27H2,1-4H3;5-15,27,29,33-35,37-39H,16-26H2,1-4H3;16,18-21,23-24,26,30H,5-15H2,1-4H3,(H,29,31)/t28-,30+,34-,35-,36-,38-,39+,40-,43-,44-;27-,29+,33-,34-,35-,37-,38+,39-,42-,43-;16-,18+,19+,20-,21-,23-,24+,26-,27-,28-/m000/s1. The summed E-state index contributed by atoms with van der Waals surface area (Å²) in [5, 5.41) is 7.08. The lowest BCUT2D eigenvalue weighted by Crippen LogP contribution is -2.54. The zero-order chi connectivity index (χ0) is 92.2. The van der Waals surface area contributed by atoms with E-state index >= 15 is 0 Å². The topological polar surface area (TPSA) is 199 Å². The third-order valence-electron chi connectivity index (χ3n) is 39.4. The van der Waals surface area contributed by atoms with E-state index in [2.05, 4.69) is 106 Å². The molecule has 2 N–H and O–H groups in total. The third kappa shape index (κ3) is 17.4. The van der Waals surface area contributed by atoms with Crippen LogP contribution in [0.15, 0.2) is 178 Å². The average Bonchev–Trinajstić information content (AvgIpc) is 1.53. The lowest BCUT2D eigenvalue weighted by molar-refractivity contribution is -0.121. The van der Waals surface area contributed by atoms with E-state index in [4.69, 9.17) is 42.6 Å². The number of hydrogen-bond acceptors (Lipinski definition) is 15. The van der Waals surface area contributed by atoms with Crippen LogP contribution < -0.4 is 10.6 Å². The van der Waals surface area contributed by atoms with Crippen molar-refractivity contribution in [1.29, 1.82) is 0 Å². The molecule has 18 nitrogen and oxygen atoms in total. The number of nitrogens with one attached hydrogen (secondary N) is 2. The first kappa shape index (κ1) is 92.7. The van der Waals surface area contributed by atoms with Crippen LogP contribution in [-0.2, 0) is 73.9 Å². The Balaban J connectivity index is 0.000000127. The summed E-state index contributed by atoms with van der Waals surface area (Å²) in [5.41, 5.74) is 16.6. The summed E-state index contributed by atoms with van der Waals surface area (Å²) in [6, 6.07) is 40.0. The van der Waals surface area contributed by atoms with Crippen molar-refractivity contribution in [3.8, 4) is 0 Å². The van der Waals surface area contributed by atoms with E-state index in [0.717, 1.165) is 194 Å². The third-order valence-corrected chi connectivity index (χ3v) is 39.4. The average molecular weight is 1810 g/mol. The van der Waals surface area contributed by atoms with Gasteiger partial charge in [-0.25, -0.2) is 19.2 Å². The van der Waals surface area contributed by atoms with Gasteiger partial charge in [0, 0.05) is 62.7 Å². The first-order valence-corrected chi connectivity index (χ1v) is 52.3. The number of benzene rings is 4. The lowest BCUT2D eigenvalue weighted by Gasteiger charge is -2.49. The van der Waals surface area contributed by atoms with Crippen LogP contribution in [0, 0.1) is 111 Å². The Morgan fingerprint density at radius 2 is 0.887 bits per heavy atom. The summed E-state index contributed by atoms with van der Waals surface area (Å²) < 4.78 is 55.9. The molecule has 7 saturated heterocycles. The number of ether oxygens (including phenoxy) is 9. The van der Waals surface area contributed by atoms with Crippen molar-refractivity contribution < 1.29 is 66.6 Å². The number of amides is 3. The molecule has 30 atom stereocenters. The van der Waals surface area contributed by atoms with E-state index in [1.54, 1.807) is 22.3 Å². The van der Waals surface area contributed by atoms with Gasteiger partial charge < -0.3 is 63.1 Å². The van der Waals surface area contributed by atoms with Crippen LogP contribution in [0.2, 0.25) is 0 Å². The number of fused-ring (bicyclic) bond motifs is 18. The smallest absolute Gasteiger partial charge is 0.445 e. The fraction of sp³-hybridized carbons (Fsp3) is 0.661. The molecule has 3 spiro atoms. The number of nitrogens with zero attached hydrogens (tertiary/aromatic N) is 2. The number of rotatable bonds is 10. The van der Waals surface area contributed by atoms with E-state index in [9.17, 15) is 24.0 Å². The van der Waals surface area contributed by atoms with E-state index in [1.807, 2.05) is 131 Å². The Kier molecular flexibility index (Phi) is 26.0. The molecule has 4 aromatic rings. The highest BCUT2D eigenvalue weighted by molar-refractivity contribution is 5.76. The summed E-state index contributed by atoms with van der Waals surface area (Å²) in [4.78, 5) is 68.7. The number of carbonyl (C=O) groups excluding carboxylic acids is 5. The van der Waals surface area contributed by atoms with Crippen molar-refractivity contribution >= 4 is 30.4 Å². The molecule has 18 heteroatoms. The number of carbonyl (C=O) groups is 5.